The van der Waals surface area contributed by atoms with Crippen LogP contribution >= 0.6 is 0 Å². The minimum atomic E-state index is 0.341. The lowest BCUT2D eigenvalue weighted by Gasteiger charge is -2.40. The van der Waals surface area contributed by atoms with Gasteiger partial charge in [0.15, 0.2) is 5.84 Å². The predicted octanol–water partition coefficient (Wildman–Crippen LogP) is 3.52. The molecule has 5 nitrogen and oxygen atoms in total. The molecule has 0 bridgehead atoms. The van der Waals surface area contributed by atoms with E-state index in [1.54, 1.807) is 6.20 Å². The third kappa shape index (κ3) is 3.70. The molecule has 2 rings (SSSR count). The minimum Gasteiger partial charge on any atom is -0.477 e. The van der Waals surface area contributed by atoms with Crippen LogP contribution in [0.25, 0.3) is 0 Å². The van der Waals surface area contributed by atoms with E-state index in [4.69, 9.17) is 4.74 Å². The van der Waals surface area contributed by atoms with Crippen molar-refractivity contribution in [1.29, 1.82) is 0 Å². The highest BCUT2D eigenvalue weighted by molar-refractivity contribution is 6.00. The summed E-state index contributed by atoms with van der Waals surface area (Å²) >= 11 is 0. The lowest BCUT2D eigenvalue weighted by Crippen LogP contribution is -2.48. The summed E-state index contributed by atoms with van der Waals surface area (Å²) in [5.41, 5.74) is 0.756. The van der Waals surface area contributed by atoms with Crippen molar-refractivity contribution in [3.05, 3.63) is 23.9 Å². The number of aromatic nitrogens is 1. The monoisotopic (exact) mass is 305 g/mol. The Hall–Kier alpha value is -1.78. The van der Waals surface area contributed by atoms with E-state index in [-0.39, 0.29) is 0 Å². The Labute approximate surface area is 133 Å². The zero-order valence-corrected chi connectivity index (χ0v) is 14.0. The van der Waals surface area contributed by atoms with Gasteiger partial charge in [-0.2, -0.15) is 0 Å². The quantitative estimate of drug-likeness (QED) is 0.400. The van der Waals surface area contributed by atoms with Crippen molar-refractivity contribution in [1.82, 2.24) is 9.88 Å². The van der Waals surface area contributed by atoms with Gasteiger partial charge in [-0.1, -0.05) is 19.0 Å². The lowest BCUT2D eigenvalue weighted by atomic mass is 9.96. The van der Waals surface area contributed by atoms with Crippen LogP contribution in [0.15, 0.2) is 23.5 Å². The summed E-state index contributed by atoms with van der Waals surface area (Å²) in [6.45, 7) is 9.13. The van der Waals surface area contributed by atoms with Crippen LogP contribution in [-0.4, -0.2) is 39.6 Å². The van der Waals surface area contributed by atoms with E-state index in [0.717, 1.165) is 18.4 Å². The third-order valence-corrected chi connectivity index (χ3v) is 4.10. The van der Waals surface area contributed by atoms with Crippen molar-refractivity contribution >= 4 is 5.84 Å². The van der Waals surface area contributed by atoms with Crippen LogP contribution < -0.4 is 4.74 Å². The number of nitrogens with zero attached hydrogens (tertiary/aromatic N) is 3. The van der Waals surface area contributed by atoms with Crippen LogP contribution in [0, 0.1) is 5.92 Å². The van der Waals surface area contributed by atoms with Crippen LogP contribution in [0.4, 0.5) is 0 Å². The maximum Gasteiger partial charge on any atom is 0.224 e. The van der Waals surface area contributed by atoms with Crippen molar-refractivity contribution in [3.8, 4) is 5.88 Å². The maximum absolute atomic E-state index is 9.63. The molecule has 5 heteroatoms. The average Bonchev–Trinajstić information content (AvgIpc) is 2.49. The van der Waals surface area contributed by atoms with E-state index >= 15 is 0 Å². The number of ether oxygens (including phenoxy) is 1. The van der Waals surface area contributed by atoms with Gasteiger partial charge in [-0.05, 0) is 51.2 Å². The van der Waals surface area contributed by atoms with E-state index in [1.807, 2.05) is 12.1 Å². The molecule has 1 aromatic rings. The molecule has 22 heavy (non-hydrogen) atoms. The molecule has 2 unspecified atom stereocenters. The zero-order chi connectivity index (χ0) is 16.1. The third-order valence-electron chi connectivity index (χ3n) is 4.10. The first-order valence-electron chi connectivity index (χ1n) is 8.13. The number of likely N-dealkylation sites (tertiary alicyclic amines) is 1. The minimum absolute atomic E-state index is 0.341. The molecule has 1 aliphatic rings. The molecule has 1 aromatic heterocycles. The average molecular weight is 305 g/mol. The molecule has 0 spiro atoms. The highest BCUT2D eigenvalue weighted by Crippen LogP contribution is 2.27. The Kier molecular flexibility index (Phi) is 5.63. The molecule has 2 atom stereocenters. The fraction of sp³-hybridized carbons (Fsp3) is 0.647. The van der Waals surface area contributed by atoms with E-state index < -0.39 is 0 Å². The standard InChI is InChI=1S/C17H27N3O2/c1-12(2)11-22-17-15(9-6-10-18-17)16(19-21)20-13(3)7-5-8-14(20)4/h6,9-10,12-14,21H,5,7-8,11H2,1-4H3/b19-16-. The molecule has 0 aliphatic carbocycles. The second kappa shape index (κ2) is 7.47. The summed E-state index contributed by atoms with van der Waals surface area (Å²) in [6.07, 6.45) is 5.12. The van der Waals surface area contributed by atoms with Gasteiger partial charge in [0.2, 0.25) is 5.88 Å². The molecule has 2 heterocycles. The first kappa shape index (κ1) is 16.6. The van der Waals surface area contributed by atoms with E-state index in [1.165, 1.54) is 6.42 Å². The SMILES string of the molecule is CC(C)COc1ncccc1/C(=N/O)N1C(C)CCCC1C. The molecule has 1 fully saturated rings. The van der Waals surface area contributed by atoms with Crippen LogP contribution in [0.2, 0.25) is 0 Å². The molecule has 0 amide bonds. The summed E-state index contributed by atoms with van der Waals surface area (Å²) in [5.74, 6) is 1.51. The Balaban J connectivity index is 2.31. The van der Waals surface area contributed by atoms with Gasteiger partial charge in [0.1, 0.15) is 0 Å². The Morgan fingerprint density at radius 2 is 2.09 bits per heavy atom. The molecule has 1 N–H and O–H groups in total. The van der Waals surface area contributed by atoms with Crippen molar-refractivity contribution < 1.29 is 9.94 Å². The number of hydrogen-bond acceptors (Lipinski definition) is 4. The fourth-order valence-electron chi connectivity index (χ4n) is 3.00. The van der Waals surface area contributed by atoms with Gasteiger partial charge >= 0.3 is 0 Å². The summed E-state index contributed by atoms with van der Waals surface area (Å²) in [6, 6.07) is 4.44. The van der Waals surface area contributed by atoms with E-state index in [9.17, 15) is 5.21 Å². The van der Waals surface area contributed by atoms with E-state index in [0.29, 0.717) is 36.3 Å². The smallest absolute Gasteiger partial charge is 0.224 e. The summed E-state index contributed by atoms with van der Waals surface area (Å²) in [7, 11) is 0. The number of oxime groups is 1. The number of amidine groups is 1. The lowest BCUT2D eigenvalue weighted by molar-refractivity contribution is 0.180. The number of hydrogen-bond donors (Lipinski definition) is 1. The van der Waals surface area contributed by atoms with Crippen LogP contribution in [0.3, 0.4) is 0 Å². The van der Waals surface area contributed by atoms with Gasteiger partial charge in [0.05, 0.1) is 12.2 Å². The molecule has 0 radical (unpaired) electrons. The first-order valence-corrected chi connectivity index (χ1v) is 8.13. The highest BCUT2D eigenvalue weighted by atomic mass is 16.5. The van der Waals surface area contributed by atoms with Crippen molar-refractivity contribution in [2.75, 3.05) is 6.61 Å². The topological polar surface area (TPSA) is 58.0 Å². The summed E-state index contributed by atoms with van der Waals surface area (Å²) in [4.78, 5) is 6.51. The molecule has 1 aliphatic heterocycles. The fourth-order valence-corrected chi connectivity index (χ4v) is 3.00. The Bertz CT molecular complexity index is 506. The van der Waals surface area contributed by atoms with Crippen molar-refractivity contribution in [3.63, 3.8) is 0 Å². The van der Waals surface area contributed by atoms with Gasteiger partial charge in [-0.25, -0.2) is 4.98 Å². The van der Waals surface area contributed by atoms with Crippen LogP contribution in [0.1, 0.15) is 52.5 Å². The van der Waals surface area contributed by atoms with Gasteiger partial charge in [-0.15, -0.1) is 0 Å². The van der Waals surface area contributed by atoms with Gasteiger partial charge in [-0.3, -0.25) is 0 Å². The Morgan fingerprint density at radius 3 is 2.68 bits per heavy atom. The highest BCUT2D eigenvalue weighted by Gasteiger charge is 2.30. The molecule has 1 saturated heterocycles. The molecule has 122 valence electrons. The van der Waals surface area contributed by atoms with Crippen molar-refractivity contribution in [2.45, 2.75) is 59.0 Å². The van der Waals surface area contributed by atoms with Gasteiger partial charge in [0, 0.05) is 18.3 Å². The van der Waals surface area contributed by atoms with Crippen LogP contribution in [-0.2, 0) is 0 Å². The van der Waals surface area contributed by atoms with Crippen molar-refractivity contribution in [2.24, 2.45) is 11.1 Å². The predicted molar refractivity (Wildman–Crippen MR) is 87.5 cm³/mol. The normalized spacial score (nSPS) is 23.0. The van der Waals surface area contributed by atoms with Gasteiger partial charge < -0.3 is 14.8 Å². The number of rotatable bonds is 4. The number of pyridine rings is 1. The van der Waals surface area contributed by atoms with E-state index in [2.05, 4.69) is 42.7 Å². The second-order valence-electron chi connectivity index (χ2n) is 6.52. The molecular weight excluding hydrogens is 278 g/mol. The molecule has 0 aromatic carbocycles. The van der Waals surface area contributed by atoms with Crippen LogP contribution in [0.5, 0.6) is 5.88 Å². The summed E-state index contributed by atoms with van der Waals surface area (Å²) < 4.78 is 5.81. The second-order valence-corrected chi connectivity index (χ2v) is 6.52. The molecular formula is C17H27N3O2. The Morgan fingerprint density at radius 1 is 1.41 bits per heavy atom. The summed E-state index contributed by atoms with van der Waals surface area (Å²) in [5, 5.41) is 13.2. The zero-order valence-electron chi connectivity index (χ0n) is 14.0. The first-order chi connectivity index (χ1) is 10.5. The largest absolute Gasteiger partial charge is 0.477 e. The molecule has 0 saturated carbocycles. The van der Waals surface area contributed by atoms with Gasteiger partial charge in [0.25, 0.3) is 0 Å². The number of piperidine rings is 1. The maximum atomic E-state index is 9.63.